The fourth-order valence-corrected chi connectivity index (χ4v) is 0.965. The Kier molecular flexibility index (Phi) is 2.76. The van der Waals surface area contributed by atoms with Crippen molar-refractivity contribution < 1.29 is 15.3 Å². The van der Waals surface area contributed by atoms with Crippen LogP contribution in [-0.4, -0.2) is 21.9 Å². The Bertz CT molecular complexity index is 311. The molecule has 0 aliphatic rings. The Morgan fingerprint density at radius 3 is 2.15 bits per heavy atom. The zero-order valence-electron chi connectivity index (χ0n) is 6.94. The van der Waals surface area contributed by atoms with Crippen LogP contribution in [-0.2, 0) is 0 Å². The number of phenolic OH excluding ortho intramolecular Hbond substituents is 3. The molecule has 1 rings (SSSR count). The maximum Gasteiger partial charge on any atom is 0.130 e. The minimum Gasteiger partial charge on any atom is -0.508 e. The van der Waals surface area contributed by atoms with E-state index in [0.29, 0.717) is 6.54 Å². The average molecular weight is 181 g/mol. The maximum atomic E-state index is 9.29. The summed E-state index contributed by atoms with van der Waals surface area (Å²) in [6.07, 6.45) is 3.08. The number of hydrogen-bond donors (Lipinski definition) is 4. The van der Waals surface area contributed by atoms with Gasteiger partial charge in [-0.25, -0.2) is 0 Å². The standard InChI is InChI=1S/C9H11NO3/c10-3-1-2-7-8(12)4-6(11)5-9(7)13/h1-2,4-5,11-13H,3,10H2/b2-1+. The third-order valence-corrected chi connectivity index (χ3v) is 1.54. The lowest BCUT2D eigenvalue weighted by Crippen LogP contribution is -1.92. The van der Waals surface area contributed by atoms with Gasteiger partial charge in [-0.1, -0.05) is 12.2 Å². The molecule has 0 radical (unpaired) electrons. The summed E-state index contributed by atoms with van der Waals surface area (Å²) >= 11 is 0. The molecule has 0 unspecified atom stereocenters. The molecule has 4 heteroatoms. The molecule has 0 fully saturated rings. The Balaban J connectivity index is 3.13. The van der Waals surface area contributed by atoms with E-state index < -0.39 is 0 Å². The van der Waals surface area contributed by atoms with Gasteiger partial charge in [-0.3, -0.25) is 0 Å². The van der Waals surface area contributed by atoms with Crippen LogP contribution in [0.5, 0.6) is 17.2 Å². The van der Waals surface area contributed by atoms with Crippen molar-refractivity contribution in [3.63, 3.8) is 0 Å². The molecule has 13 heavy (non-hydrogen) atoms. The summed E-state index contributed by atoms with van der Waals surface area (Å²) in [5.41, 5.74) is 5.46. The number of rotatable bonds is 2. The fourth-order valence-electron chi connectivity index (χ4n) is 0.965. The van der Waals surface area contributed by atoms with Crippen molar-refractivity contribution in [3.05, 3.63) is 23.8 Å². The van der Waals surface area contributed by atoms with Gasteiger partial charge in [-0.2, -0.15) is 0 Å². The summed E-state index contributed by atoms with van der Waals surface area (Å²) in [6, 6.07) is 2.30. The summed E-state index contributed by atoms with van der Waals surface area (Å²) in [5, 5.41) is 27.5. The topological polar surface area (TPSA) is 86.7 Å². The SMILES string of the molecule is NC/C=C/c1c(O)cc(O)cc1O. The van der Waals surface area contributed by atoms with E-state index >= 15 is 0 Å². The maximum absolute atomic E-state index is 9.29. The molecule has 0 amide bonds. The highest BCUT2D eigenvalue weighted by Gasteiger charge is 2.05. The summed E-state index contributed by atoms with van der Waals surface area (Å²) in [5.74, 6) is -0.538. The molecule has 1 aromatic carbocycles. The fraction of sp³-hybridized carbons (Fsp3) is 0.111. The highest BCUT2D eigenvalue weighted by molar-refractivity contribution is 5.65. The van der Waals surface area contributed by atoms with E-state index in [1.165, 1.54) is 6.08 Å². The molecule has 0 aliphatic heterocycles. The smallest absolute Gasteiger partial charge is 0.130 e. The summed E-state index contributed by atoms with van der Waals surface area (Å²) < 4.78 is 0. The van der Waals surface area contributed by atoms with Crippen LogP contribution in [0, 0.1) is 0 Å². The number of benzene rings is 1. The molecule has 70 valence electrons. The van der Waals surface area contributed by atoms with Gasteiger partial charge in [0.05, 0.1) is 5.56 Å². The largest absolute Gasteiger partial charge is 0.508 e. The molecular weight excluding hydrogens is 170 g/mol. The Morgan fingerprint density at radius 1 is 1.15 bits per heavy atom. The van der Waals surface area contributed by atoms with Gasteiger partial charge < -0.3 is 21.1 Å². The molecule has 0 saturated heterocycles. The molecule has 0 aromatic heterocycles. The van der Waals surface area contributed by atoms with Gasteiger partial charge in [0.15, 0.2) is 0 Å². The molecule has 0 spiro atoms. The van der Waals surface area contributed by atoms with Crippen molar-refractivity contribution in [2.24, 2.45) is 5.73 Å². The molecule has 0 saturated carbocycles. The van der Waals surface area contributed by atoms with Gasteiger partial charge >= 0.3 is 0 Å². The quantitative estimate of drug-likeness (QED) is 0.543. The molecule has 5 N–H and O–H groups in total. The lowest BCUT2D eigenvalue weighted by molar-refractivity contribution is 0.426. The van der Waals surface area contributed by atoms with Crippen LogP contribution >= 0.6 is 0 Å². The summed E-state index contributed by atoms with van der Waals surface area (Å²) in [6.45, 7) is 0.319. The number of phenols is 3. The van der Waals surface area contributed by atoms with Crippen LogP contribution in [0.2, 0.25) is 0 Å². The third-order valence-electron chi connectivity index (χ3n) is 1.54. The van der Waals surface area contributed by atoms with Crippen LogP contribution in [0.1, 0.15) is 5.56 Å². The highest BCUT2D eigenvalue weighted by Crippen LogP contribution is 2.32. The number of nitrogens with two attached hydrogens (primary N) is 1. The Hall–Kier alpha value is -1.68. The molecule has 0 atom stereocenters. The first kappa shape index (κ1) is 9.41. The van der Waals surface area contributed by atoms with Gasteiger partial charge in [0.1, 0.15) is 17.2 Å². The van der Waals surface area contributed by atoms with Crippen molar-refractivity contribution >= 4 is 6.08 Å². The zero-order valence-corrected chi connectivity index (χ0v) is 6.94. The second-order valence-corrected chi connectivity index (χ2v) is 2.54. The highest BCUT2D eigenvalue weighted by atomic mass is 16.3. The predicted molar refractivity (Wildman–Crippen MR) is 49.5 cm³/mol. The molecule has 4 nitrogen and oxygen atoms in total. The molecule has 1 aromatic rings. The average Bonchev–Trinajstić information content (AvgIpc) is 2.02. The Morgan fingerprint density at radius 2 is 1.69 bits per heavy atom. The number of hydrogen-bond acceptors (Lipinski definition) is 4. The molecule has 0 aliphatic carbocycles. The Labute approximate surface area is 75.6 Å². The van der Waals surface area contributed by atoms with E-state index in [1.54, 1.807) is 6.08 Å². The van der Waals surface area contributed by atoms with Crippen LogP contribution in [0.25, 0.3) is 6.08 Å². The van der Waals surface area contributed by atoms with Crippen molar-refractivity contribution in [2.45, 2.75) is 0 Å². The van der Waals surface area contributed by atoms with Crippen molar-refractivity contribution in [3.8, 4) is 17.2 Å². The second-order valence-electron chi connectivity index (χ2n) is 2.54. The van der Waals surface area contributed by atoms with E-state index in [2.05, 4.69) is 0 Å². The zero-order chi connectivity index (χ0) is 9.84. The first-order valence-corrected chi connectivity index (χ1v) is 3.76. The van der Waals surface area contributed by atoms with Crippen molar-refractivity contribution in [2.75, 3.05) is 6.54 Å². The van der Waals surface area contributed by atoms with Gasteiger partial charge in [-0.05, 0) is 0 Å². The lowest BCUT2D eigenvalue weighted by atomic mass is 10.1. The second kappa shape index (κ2) is 3.82. The third kappa shape index (κ3) is 2.13. The van der Waals surface area contributed by atoms with Crippen LogP contribution < -0.4 is 5.73 Å². The van der Waals surface area contributed by atoms with Gasteiger partial charge in [0.2, 0.25) is 0 Å². The minimum absolute atomic E-state index is 0.179. The van der Waals surface area contributed by atoms with Gasteiger partial charge in [-0.15, -0.1) is 0 Å². The lowest BCUT2D eigenvalue weighted by Gasteiger charge is -2.02. The first-order chi connectivity index (χ1) is 6.15. The van der Waals surface area contributed by atoms with E-state index in [0.717, 1.165) is 12.1 Å². The molecular formula is C9H11NO3. The normalized spacial score (nSPS) is 10.8. The minimum atomic E-state index is -0.181. The monoisotopic (exact) mass is 181 g/mol. The van der Waals surface area contributed by atoms with Crippen molar-refractivity contribution in [1.29, 1.82) is 0 Å². The van der Waals surface area contributed by atoms with Gasteiger partial charge in [0, 0.05) is 18.7 Å². The van der Waals surface area contributed by atoms with Crippen LogP contribution in [0.4, 0.5) is 0 Å². The van der Waals surface area contributed by atoms with E-state index in [1.807, 2.05) is 0 Å². The summed E-state index contributed by atoms with van der Waals surface area (Å²) in [7, 11) is 0. The summed E-state index contributed by atoms with van der Waals surface area (Å²) in [4.78, 5) is 0. The number of aromatic hydroxyl groups is 3. The van der Waals surface area contributed by atoms with Crippen LogP contribution in [0.3, 0.4) is 0 Å². The molecule has 0 heterocycles. The predicted octanol–water partition coefficient (Wildman–Crippen LogP) is 0.775. The van der Waals surface area contributed by atoms with E-state index in [4.69, 9.17) is 10.8 Å². The molecule has 0 bridgehead atoms. The van der Waals surface area contributed by atoms with E-state index in [-0.39, 0.29) is 22.8 Å². The van der Waals surface area contributed by atoms with E-state index in [9.17, 15) is 10.2 Å². The first-order valence-electron chi connectivity index (χ1n) is 3.76. The van der Waals surface area contributed by atoms with Gasteiger partial charge in [0.25, 0.3) is 0 Å². The van der Waals surface area contributed by atoms with Crippen molar-refractivity contribution in [1.82, 2.24) is 0 Å². The van der Waals surface area contributed by atoms with Crippen LogP contribution in [0.15, 0.2) is 18.2 Å².